The summed E-state index contributed by atoms with van der Waals surface area (Å²) in [5, 5.41) is 3.20. The summed E-state index contributed by atoms with van der Waals surface area (Å²) in [5.41, 5.74) is 13.7. The van der Waals surface area contributed by atoms with E-state index in [-0.39, 0.29) is 24.0 Å². The highest BCUT2D eigenvalue weighted by atomic mass is 127. The highest BCUT2D eigenvalue weighted by molar-refractivity contribution is 14.0. The number of hydrogen-bond acceptors (Lipinski definition) is 2. The maximum Gasteiger partial charge on any atom is 0.193 e. The number of aryl methyl sites for hydroxylation is 2. The van der Waals surface area contributed by atoms with Crippen molar-refractivity contribution in [1.82, 2.24) is 0 Å². The van der Waals surface area contributed by atoms with Gasteiger partial charge in [0.05, 0.1) is 19.8 Å². The molecule has 0 radical (unpaired) electrons. The Morgan fingerprint density at radius 3 is 2.71 bits per heavy atom. The number of nitrogens with two attached hydrogens (primary N) is 1. The van der Waals surface area contributed by atoms with E-state index >= 15 is 0 Å². The van der Waals surface area contributed by atoms with Crippen molar-refractivity contribution in [1.29, 1.82) is 0 Å². The molecular weight excluding hydrogens is 413 g/mol. The Labute approximate surface area is 159 Å². The van der Waals surface area contributed by atoms with Crippen LogP contribution in [0.4, 0.5) is 5.69 Å². The molecule has 2 aromatic carbocycles. The Balaban J connectivity index is 0.00000169. The highest BCUT2D eigenvalue weighted by Crippen LogP contribution is 2.25. The summed E-state index contributed by atoms with van der Waals surface area (Å²) in [6.07, 6.45) is 3.62. The molecule has 24 heavy (non-hydrogen) atoms. The average Bonchev–Trinajstić information content (AvgIpc) is 3.20. The van der Waals surface area contributed by atoms with Crippen molar-refractivity contribution in [3.8, 4) is 0 Å². The van der Waals surface area contributed by atoms with E-state index in [1.165, 1.54) is 41.5 Å². The van der Waals surface area contributed by atoms with Crippen LogP contribution in [0.15, 0.2) is 41.4 Å². The first kappa shape index (κ1) is 17.2. The summed E-state index contributed by atoms with van der Waals surface area (Å²) >= 11 is 0. The molecule has 4 nitrogen and oxygen atoms in total. The third-order valence-corrected chi connectivity index (χ3v) is 4.59. The lowest BCUT2D eigenvalue weighted by Gasteiger charge is -2.08. The summed E-state index contributed by atoms with van der Waals surface area (Å²) < 4.78 is 5.44. The first-order valence-electron chi connectivity index (χ1n) is 8.15. The number of anilines is 1. The van der Waals surface area contributed by atoms with E-state index in [2.05, 4.69) is 46.7 Å². The number of ether oxygens (including phenoxy) is 1. The highest BCUT2D eigenvalue weighted by Gasteiger charge is 2.12. The zero-order valence-electron chi connectivity index (χ0n) is 13.5. The largest absolute Gasteiger partial charge is 0.372 e. The standard InChI is InChI=1S/C19H21N3O.HI/c20-19(22-18-7-6-14-2-1-3-15(14)9-18)21-10-13-4-5-16-11-23-12-17(16)8-13;/h4-9H,1-3,10-12H2,(H3,20,21,22);1H. The number of hydrogen-bond donors (Lipinski definition) is 2. The molecule has 1 aliphatic heterocycles. The summed E-state index contributed by atoms with van der Waals surface area (Å²) in [7, 11) is 0. The van der Waals surface area contributed by atoms with Gasteiger partial charge in [0.2, 0.25) is 0 Å². The van der Waals surface area contributed by atoms with Gasteiger partial charge >= 0.3 is 0 Å². The molecular formula is C19H22IN3O. The lowest BCUT2D eigenvalue weighted by Crippen LogP contribution is -2.22. The second-order valence-electron chi connectivity index (χ2n) is 6.26. The number of fused-ring (bicyclic) bond motifs is 2. The Morgan fingerprint density at radius 1 is 1.00 bits per heavy atom. The zero-order valence-corrected chi connectivity index (χ0v) is 15.9. The molecule has 0 saturated carbocycles. The van der Waals surface area contributed by atoms with Crippen molar-refractivity contribution in [3.05, 3.63) is 64.2 Å². The third-order valence-electron chi connectivity index (χ3n) is 4.59. The molecule has 5 heteroatoms. The quantitative estimate of drug-likeness (QED) is 0.439. The van der Waals surface area contributed by atoms with Gasteiger partial charge in [-0.15, -0.1) is 24.0 Å². The smallest absolute Gasteiger partial charge is 0.193 e. The van der Waals surface area contributed by atoms with Gasteiger partial charge in [0, 0.05) is 5.69 Å². The molecule has 3 N–H and O–H groups in total. The van der Waals surface area contributed by atoms with Crippen LogP contribution in [0.25, 0.3) is 0 Å². The van der Waals surface area contributed by atoms with Crippen LogP contribution in [0.2, 0.25) is 0 Å². The molecule has 2 aromatic rings. The van der Waals surface area contributed by atoms with Gasteiger partial charge in [-0.25, -0.2) is 4.99 Å². The van der Waals surface area contributed by atoms with Crippen molar-refractivity contribution in [3.63, 3.8) is 0 Å². The fourth-order valence-corrected chi connectivity index (χ4v) is 3.34. The SMILES string of the molecule is I.NC(=NCc1ccc2c(c1)COC2)Nc1ccc2c(c1)CCC2. The van der Waals surface area contributed by atoms with Gasteiger partial charge in [0.1, 0.15) is 0 Å². The molecule has 0 bridgehead atoms. The van der Waals surface area contributed by atoms with Gasteiger partial charge < -0.3 is 15.8 Å². The number of benzene rings is 2. The van der Waals surface area contributed by atoms with Crippen LogP contribution in [-0.2, 0) is 37.3 Å². The average molecular weight is 435 g/mol. The topological polar surface area (TPSA) is 59.6 Å². The maximum atomic E-state index is 6.03. The van der Waals surface area contributed by atoms with Gasteiger partial charge in [0.15, 0.2) is 5.96 Å². The predicted molar refractivity (Wildman–Crippen MR) is 108 cm³/mol. The molecule has 0 unspecified atom stereocenters. The van der Waals surface area contributed by atoms with Crippen molar-refractivity contribution >= 4 is 35.6 Å². The minimum atomic E-state index is 0. The van der Waals surface area contributed by atoms with Crippen LogP contribution >= 0.6 is 24.0 Å². The number of guanidine groups is 1. The first-order valence-corrected chi connectivity index (χ1v) is 8.15. The van der Waals surface area contributed by atoms with Crippen LogP contribution in [0.5, 0.6) is 0 Å². The summed E-state index contributed by atoms with van der Waals surface area (Å²) in [5.74, 6) is 0.458. The van der Waals surface area contributed by atoms with Gasteiger partial charge in [-0.05, 0) is 59.2 Å². The van der Waals surface area contributed by atoms with Gasteiger partial charge in [0.25, 0.3) is 0 Å². The summed E-state index contributed by atoms with van der Waals surface area (Å²) in [6.45, 7) is 2.01. The van der Waals surface area contributed by atoms with Gasteiger partial charge in [-0.3, -0.25) is 0 Å². The number of rotatable bonds is 3. The fourth-order valence-electron chi connectivity index (χ4n) is 3.34. The Bertz CT molecular complexity index is 773. The van der Waals surface area contributed by atoms with Crippen molar-refractivity contribution < 1.29 is 4.74 Å². The molecule has 0 fully saturated rings. The van der Waals surface area contributed by atoms with Crippen LogP contribution in [0.1, 0.15) is 34.2 Å². The van der Waals surface area contributed by atoms with Gasteiger partial charge in [-0.1, -0.05) is 24.3 Å². The first-order chi connectivity index (χ1) is 11.3. The van der Waals surface area contributed by atoms with Crippen molar-refractivity contribution in [2.45, 2.75) is 39.0 Å². The predicted octanol–water partition coefficient (Wildman–Crippen LogP) is 3.75. The molecule has 0 spiro atoms. The molecule has 2 aliphatic rings. The van der Waals surface area contributed by atoms with E-state index in [1.807, 2.05) is 0 Å². The second kappa shape index (κ2) is 7.53. The normalized spacial score (nSPS) is 15.6. The Hall–Kier alpha value is -1.60. The van der Waals surface area contributed by atoms with Crippen molar-refractivity contribution in [2.75, 3.05) is 5.32 Å². The number of halogens is 1. The molecule has 0 amide bonds. The monoisotopic (exact) mass is 435 g/mol. The molecule has 1 aliphatic carbocycles. The molecule has 126 valence electrons. The minimum Gasteiger partial charge on any atom is -0.372 e. The van der Waals surface area contributed by atoms with Crippen LogP contribution < -0.4 is 11.1 Å². The zero-order chi connectivity index (χ0) is 15.6. The molecule has 0 atom stereocenters. The lowest BCUT2D eigenvalue weighted by molar-refractivity contribution is 0.134. The lowest BCUT2D eigenvalue weighted by atomic mass is 10.1. The second-order valence-corrected chi connectivity index (χ2v) is 6.26. The molecule has 1 heterocycles. The molecule has 0 saturated heterocycles. The van der Waals surface area contributed by atoms with Crippen LogP contribution in [-0.4, -0.2) is 5.96 Å². The van der Waals surface area contributed by atoms with Gasteiger partial charge in [-0.2, -0.15) is 0 Å². The number of aliphatic imine (C=N–C) groups is 1. The van der Waals surface area contributed by atoms with Crippen LogP contribution in [0, 0.1) is 0 Å². The molecule has 0 aromatic heterocycles. The molecule has 4 rings (SSSR count). The van der Waals surface area contributed by atoms with E-state index < -0.39 is 0 Å². The van der Waals surface area contributed by atoms with E-state index in [9.17, 15) is 0 Å². The fraction of sp³-hybridized carbons (Fsp3) is 0.316. The summed E-state index contributed by atoms with van der Waals surface area (Å²) in [6, 6.07) is 12.8. The number of nitrogens with one attached hydrogen (secondary N) is 1. The summed E-state index contributed by atoms with van der Waals surface area (Å²) in [4.78, 5) is 4.45. The maximum absolute atomic E-state index is 6.03. The number of nitrogens with zero attached hydrogens (tertiary/aromatic N) is 1. The van der Waals surface area contributed by atoms with Crippen molar-refractivity contribution in [2.24, 2.45) is 10.7 Å². The van der Waals surface area contributed by atoms with Crippen LogP contribution in [0.3, 0.4) is 0 Å². The minimum absolute atomic E-state index is 0. The van der Waals surface area contributed by atoms with E-state index in [0.717, 1.165) is 17.9 Å². The van der Waals surface area contributed by atoms with E-state index in [4.69, 9.17) is 10.5 Å². The third kappa shape index (κ3) is 3.72. The Morgan fingerprint density at radius 2 is 1.79 bits per heavy atom. The van der Waals surface area contributed by atoms with E-state index in [1.54, 1.807) is 0 Å². The Kier molecular flexibility index (Phi) is 5.40. The van der Waals surface area contributed by atoms with E-state index in [0.29, 0.717) is 19.1 Å².